The van der Waals surface area contributed by atoms with Gasteiger partial charge in [0.15, 0.2) is 0 Å². The number of rotatable bonds is 6. The zero-order chi connectivity index (χ0) is 15.2. The first-order valence-electron chi connectivity index (χ1n) is 7.93. The van der Waals surface area contributed by atoms with E-state index in [1.165, 1.54) is 5.56 Å². The Bertz CT molecular complexity index is 626. The molecule has 2 aromatic carbocycles. The van der Waals surface area contributed by atoms with Crippen LogP contribution in [0.1, 0.15) is 21.5 Å². The third-order valence-corrected chi connectivity index (χ3v) is 4.21. The van der Waals surface area contributed by atoms with Gasteiger partial charge in [-0.05, 0) is 30.0 Å². The third kappa shape index (κ3) is 4.81. The summed E-state index contributed by atoms with van der Waals surface area (Å²) in [4.78, 5) is 12.4. The highest BCUT2D eigenvalue weighted by molar-refractivity contribution is 5.95. The number of benzene rings is 2. The Morgan fingerprint density at radius 2 is 1.70 bits per heavy atom. The first kappa shape index (κ1) is 17.5. The van der Waals surface area contributed by atoms with Crippen molar-refractivity contribution >= 4 is 18.3 Å². The van der Waals surface area contributed by atoms with E-state index >= 15 is 0 Å². The van der Waals surface area contributed by atoms with E-state index in [2.05, 4.69) is 41.0 Å². The van der Waals surface area contributed by atoms with Crippen molar-refractivity contribution in [1.29, 1.82) is 0 Å². The molecule has 23 heavy (non-hydrogen) atoms. The fourth-order valence-electron chi connectivity index (χ4n) is 2.71. The summed E-state index contributed by atoms with van der Waals surface area (Å²) in [5.41, 5.74) is 3.24. The molecule has 3 nitrogen and oxygen atoms in total. The van der Waals surface area contributed by atoms with E-state index in [1.54, 1.807) is 0 Å². The fraction of sp³-hybridized carbons (Fsp3) is 0.316. The molecule has 0 saturated carbocycles. The summed E-state index contributed by atoms with van der Waals surface area (Å²) in [5, 5.41) is 6.28. The molecule has 122 valence electrons. The van der Waals surface area contributed by atoms with Gasteiger partial charge in [-0.25, -0.2) is 0 Å². The predicted octanol–water partition coefficient (Wildman–Crippen LogP) is 2.84. The minimum absolute atomic E-state index is 0. The van der Waals surface area contributed by atoms with Crippen LogP contribution < -0.4 is 10.6 Å². The lowest BCUT2D eigenvalue weighted by Crippen LogP contribution is -2.48. The van der Waals surface area contributed by atoms with Gasteiger partial charge < -0.3 is 10.6 Å². The number of halogens is 1. The summed E-state index contributed by atoms with van der Waals surface area (Å²) >= 11 is 0. The van der Waals surface area contributed by atoms with Gasteiger partial charge in [-0.3, -0.25) is 4.79 Å². The predicted molar refractivity (Wildman–Crippen MR) is 96.2 cm³/mol. The summed E-state index contributed by atoms with van der Waals surface area (Å²) in [7, 11) is 0. The Morgan fingerprint density at radius 1 is 1.00 bits per heavy atom. The van der Waals surface area contributed by atoms with Crippen molar-refractivity contribution in [3.05, 3.63) is 71.3 Å². The summed E-state index contributed by atoms with van der Waals surface area (Å²) < 4.78 is 0. The van der Waals surface area contributed by atoms with Crippen molar-refractivity contribution < 1.29 is 4.79 Å². The highest BCUT2D eigenvalue weighted by atomic mass is 35.5. The lowest BCUT2D eigenvalue weighted by Gasteiger charge is -2.27. The SMILES string of the molecule is Cl.O=C(NCC1CNC1)c1ccccc1CCc1ccccc1. The number of carbonyl (C=O) groups is 1. The zero-order valence-corrected chi connectivity index (χ0v) is 13.9. The minimum atomic E-state index is 0. The summed E-state index contributed by atoms with van der Waals surface area (Å²) in [6.45, 7) is 2.78. The van der Waals surface area contributed by atoms with Gasteiger partial charge in [-0.1, -0.05) is 48.5 Å². The van der Waals surface area contributed by atoms with Crippen LogP contribution >= 0.6 is 12.4 Å². The van der Waals surface area contributed by atoms with E-state index in [-0.39, 0.29) is 18.3 Å². The molecule has 2 N–H and O–H groups in total. The average Bonchev–Trinajstić information content (AvgIpc) is 2.52. The van der Waals surface area contributed by atoms with Crippen LogP contribution in [0.3, 0.4) is 0 Å². The van der Waals surface area contributed by atoms with Gasteiger partial charge in [0.1, 0.15) is 0 Å². The molecule has 2 aromatic rings. The quantitative estimate of drug-likeness (QED) is 0.855. The van der Waals surface area contributed by atoms with Gasteiger partial charge in [0.25, 0.3) is 5.91 Å². The number of amides is 1. The van der Waals surface area contributed by atoms with Crippen LogP contribution in [0, 0.1) is 5.92 Å². The first-order chi connectivity index (χ1) is 10.8. The Hall–Kier alpha value is -1.84. The normalized spacial score (nSPS) is 13.7. The maximum Gasteiger partial charge on any atom is 0.251 e. The molecule has 1 fully saturated rings. The number of carbonyl (C=O) groups excluding carboxylic acids is 1. The molecular weight excluding hydrogens is 308 g/mol. The Kier molecular flexibility index (Phi) is 6.63. The molecule has 0 atom stereocenters. The van der Waals surface area contributed by atoms with Gasteiger partial charge in [-0.2, -0.15) is 0 Å². The molecule has 1 aliphatic rings. The van der Waals surface area contributed by atoms with Crippen molar-refractivity contribution in [2.75, 3.05) is 19.6 Å². The van der Waals surface area contributed by atoms with Crippen LogP contribution in [0.5, 0.6) is 0 Å². The number of hydrogen-bond donors (Lipinski definition) is 2. The molecule has 1 amide bonds. The molecule has 0 spiro atoms. The zero-order valence-electron chi connectivity index (χ0n) is 13.1. The number of aryl methyl sites for hydroxylation is 2. The van der Waals surface area contributed by atoms with E-state index in [0.717, 1.165) is 43.6 Å². The Morgan fingerprint density at radius 3 is 2.39 bits per heavy atom. The van der Waals surface area contributed by atoms with Gasteiger partial charge in [0.05, 0.1) is 0 Å². The first-order valence-corrected chi connectivity index (χ1v) is 7.93. The molecule has 0 unspecified atom stereocenters. The molecule has 0 aliphatic carbocycles. The smallest absolute Gasteiger partial charge is 0.251 e. The van der Waals surface area contributed by atoms with Crippen LogP contribution in [0.4, 0.5) is 0 Å². The minimum Gasteiger partial charge on any atom is -0.352 e. The van der Waals surface area contributed by atoms with E-state index in [0.29, 0.717) is 5.92 Å². The van der Waals surface area contributed by atoms with Gasteiger partial charge in [0, 0.05) is 31.1 Å². The molecule has 0 radical (unpaired) electrons. The highest BCUT2D eigenvalue weighted by Gasteiger charge is 2.18. The van der Waals surface area contributed by atoms with E-state index in [4.69, 9.17) is 0 Å². The molecule has 0 bridgehead atoms. The maximum absolute atomic E-state index is 12.4. The molecule has 1 aliphatic heterocycles. The van der Waals surface area contributed by atoms with Crippen LogP contribution in [0.25, 0.3) is 0 Å². The van der Waals surface area contributed by atoms with Crippen molar-refractivity contribution in [3.8, 4) is 0 Å². The molecule has 1 heterocycles. The maximum atomic E-state index is 12.4. The fourth-order valence-corrected chi connectivity index (χ4v) is 2.71. The standard InChI is InChI=1S/C19H22N2O.ClH/c22-19(21-14-16-12-20-13-16)18-9-5-4-8-17(18)11-10-15-6-2-1-3-7-15;/h1-9,16,20H,10-14H2,(H,21,22);1H. The highest BCUT2D eigenvalue weighted by Crippen LogP contribution is 2.13. The molecule has 0 aromatic heterocycles. The monoisotopic (exact) mass is 330 g/mol. The van der Waals surface area contributed by atoms with Crippen molar-refractivity contribution in [2.24, 2.45) is 5.92 Å². The second-order valence-corrected chi connectivity index (χ2v) is 5.88. The number of nitrogens with one attached hydrogen (secondary N) is 2. The van der Waals surface area contributed by atoms with Crippen molar-refractivity contribution in [2.45, 2.75) is 12.8 Å². The summed E-state index contributed by atoms with van der Waals surface area (Å²) in [6, 6.07) is 18.3. The Labute approximate surface area is 143 Å². The van der Waals surface area contributed by atoms with Gasteiger partial charge in [0.2, 0.25) is 0 Å². The van der Waals surface area contributed by atoms with Gasteiger partial charge >= 0.3 is 0 Å². The van der Waals surface area contributed by atoms with Crippen LogP contribution in [0.2, 0.25) is 0 Å². The van der Waals surface area contributed by atoms with E-state index in [9.17, 15) is 4.79 Å². The number of hydrogen-bond acceptors (Lipinski definition) is 2. The Balaban J connectivity index is 0.00000192. The van der Waals surface area contributed by atoms with Crippen LogP contribution in [0.15, 0.2) is 54.6 Å². The van der Waals surface area contributed by atoms with E-state index in [1.807, 2.05) is 24.3 Å². The van der Waals surface area contributed by atoms with Crippen LogP contribution in [-0.2, 0) is 12.8 Å². The lowest BCUT2D eigenvalue weighted by atomic mass is 9.99. The second kappa shape index (κ2) is 8.70. The second-order valence-electron chi connectivity index (χ2n) is 5.88. The molecular formula is C19H23ClN2O. The summed E-state index contributed by atoms with van der Waals surface area (Å²) in [5.74, 6) is 0.635. The average molecular weight is 331 g/mol. The van der Waals surface area contributed by atoms with E-state index < -0.39 is 0 Å². The van der Waals surface area contributed by atoms with Crippen molar-refractivity contribution in [1.82, 2.24) is 10.6 Å². The van der Waals surface area contributed by atoms with Gasteiger partial charge in [-0.15, -0.1) is 12.4 Å². The topological polar surface area (TPSA) is 41.1 Å². The molecule has 3 rings (SSSR count). The van der Waals surface area contributed by atoms with Crippen molar-refractivity contribution in [3.63, 3.8) is 0 Å². The summed E-state index contributed by atoms with van der Waals surface area (Å²) in [6.07, 6.45) is 1.84. The van der Waals surface area contributed by atoms with Crippen LogP contribution in [-0.4, -0.2) is 25.5 Å². The molecule has 1 saturated heterocycles. The largest absolute Gasteiger partial charge is 0.352 e. The third-order valence-electron chi connectivity index (χ3n) is 4.21. The molecule has 4 heteroatoms. The lowest BCUT2D eigenvalue weighted by molar-refractivity contribution is 0.0941.